The molecular weight excluding hydrogens is 175 g/mol. The van der Waals surface area contributed by atoms with Crippen molar-refractivity contribution in [2.75, 3.05) is 0 Å². The van der Waals surface area contributed by atoms with Crippen LogP contribution >= 0.6 is 0 Å². The summed E-state index contributed by atoms with van der Waals surface area (Å²) < 4.78 is 13.7. The average Bonchev–Trinajstić information content (AvgIpc) is 2.14. The molecule has 0 aromatic heterocycles. The van der Waals surface area contributed by atoms with E-state index in [0.29, 0.717) is 5.41 Å². The van der Waals surface area contributed by atoms with Crippen LogP contribution in [-0.2, 0) is 0 Å². The fourth-order valence-corrected chi connectivity index (χ4v) is 2.74. The van der Waals surface area contributed by atoms with Crippen LogP contribution in [0.2, 0.25) is 0 Å². The second-order valence-electron chi connectivity index (χ2n) is 5.52. The number of halogens is 1. The maximum atomic E-state index is 13.7. The molecule has 0 spiro atoms. The van der Waals surface area contributed by atoms with Crippen molar-refractivity contribution in [1.29, 1.82) is 0 Å². The lowest BCUT2D eigenvalue weighted by Gasteiger charge is -2.49. The Morgan fingerprint density at radius 2 is 2.07 bits per heavy atom. The zero-order valence-electron chi connectivity index (χ0n) is 10.1. The minimum absolute atomic E-state index is 0.191. The number of hydrogen-bond acceptors (Lipinski definition) is 0. The van der Waals surface area contributed by atoms with E-state index in [9.17, 15) is 4.39 Å². The highest BCUT2D eigenvalue weighted by molar-refractivity contribution is 4.94. The van der Waals surface area contributed by atoms with E-state index >= 15 is 0 Å². The molecule has 1 aliphatic rings. The van der Waals surface area contributed by atoms with Crippen LogP contribution in [0, 0.1) is 17.3 Å². The topological polar surface area (TPSA) is 0 Å². The van der Waals surface area contributed by atoms with Gasteiger partial charge in [0.1, 0.15) is 6.17 Å². The van der Waals surface area contributed by atoms with Gasteiger partial charge in [0.2, 0.25) is 0 Å². The molecule has 0 aliphatic heterocycles. The lowest BCUT2D eigenvalue weighted by Crippen LogP contribution is -2.41. The molecule has 0 saturated heterocycles. The predicted octanol–water partition coefficient (Wildman–Crippen LogP) is 4.59. The van der Waals surface area contributed by atoms with Crippen molar-refractivity contribution in [3.63, 3.8) is 0 Å². The second-order valence-corrected chi connectivity index (χ2v) is 5.52. The molecule has 1 rings (SSSR count). The normalized spacial score (nSPS) is 34.3. The molecule has 0 radical (unpaired) electrons. The van der Waals surface area contributed by atoms with Crippen LogP contribution in [0.4, 0.5) is 4.39 Å². The molecule has 0 amide bonds. The maximum absolute atomic E-state index is 13.7. The van der Waals surface area contributed by atoms with Gasteiger partial charge < -0.3 is 0 Å². The third-order valence-electron chi connectivity index (χ3n) is 4.19. The SMILES string of the molecule is CCC[C@@]1(C[C@H](F)C(C)C)CCC1C. The second kappa shape index (κ2) is 4.63. The van der Waals surface area contributed by atoms with Gasteiger partial charge in [-0.2, -0.15) is 0 Å². The van der Waals surface area contributed by atoms with Crippen molar-refractivity contribution < 1.29 is 4.39 Å². The zero-order valence-corrected chi connectivity index (χ0v) is 10.1. The van der Waals surface area contributed by atoms with Crippen molar-refractivity contribution in [3.8, 4) is 0 Å². The minimum Gasteiger partial charge on any atom is -0.247 e. The van der Waals surface area contributed by atoms with E-state index in [-0.39, 0.29) is 5.92 Å². The summed E-state index contributed by atoms with van der Waals surface area (Å²) in [6.07, 6.45) is 5.21. The molecule has 3 atom stereocenters. The van der Waals surface area contributed by atoms with E-state index in [1.165, 1.54) is 25.7 Å². The van der Waals surface area contributed by atoms with Gasteiger partial charge in [0.05, 0.1) is 0 Å². The first-order valence-corrected chi connectivity index (χ1v) is 6.16. The van der Waals surface area contributed by atoms with E-state index in [4.69, 9.17) is 0 Å². The molecule has 0 aromatic carbocycles. The summed E-state index contributed by atoms with van der Waals surface area (Å²) in [5, 5.41) is 0. The molecule has 0 heterocycles. The zero-order chi connectivity index (χ0) is 10.8. The summed E-state index contributed by atoms with van der Waals surface area (Å²) >= 11 is 0. The molecular formula is C13H25F. The van der Waals surface area contributed by atoms with Gasteiger partial charge in [0.15, 0.2) is 0 Å². The summed E-state index contributed by atoms with van der Waals surface area (Å²) in [5.41, 5.74) is 0.360. The van der Waals surface area contributed by atoms with Gasteiger partial charge in [-0.1, -0.05) is 34.1 Å². The predicted molar refractivity (Wildman–Crippen MR) is 60.1 cm³/mol. The van der Waals surface area contributed by atoms with Crippen molar-refractivity contribution in [1.82, 2.24) is 0 Å². The summed E-state index contributed by atoms with van der Waals surface area (Å²) in [6, 6.07) is 0. The first kappa shape index (κ1) is 12.0. The molecule has 1 heteroatoms. The van der Waals surface area contributed by atoms with Crippen LogP contribution in [0.15, 0.2) is 0 Å². The van der Waals surface area contributed by atoms with Crippen LogP contribution in [0.25, 0.3) is 0 Å². The highest BCUT2D eigenvalue weighted by Gasteiger charge is 2.44. The monoisotopic (exact) mass is 200 g/mol. The van der Waals surface area contributed by atoms with Gasteiger partial charge in [0.25, 0.3) is 0 Å². The molecule has 1 saturated carbocycles. The largest absolute Gasteiger partial charge is 0.247 e. The summed E-state index contributed by atoms with van der Waals surface area (Å²) in [5.74, 6) is 0.941. The van der Waals surface area contributed by atoms with E-state index in [2.05, 4.69) is 13.8 Å². The van der Waals surface area contributed by atoms with Crippen LogP contribution in [-0.4, -0.2) is 6.17 Å². The van der Waals surface area contributed by atoms with Crippen molar-refractivity contribution in [3.05, 3.63) is 0 Å². The lowest BCUT2D eigenvalue weighted by atomic mass is 9.56. The Hall–Kier alpha value is -0.0700. The lowest BCUT2D eigenvalue weighted by molar-refractivity contribution is -0.00963. The average molecular weight is 200 g/mol. The Bertz CT molecular complexity index is 176. The van der Waals surface area contributed by atoms with Gasteiger partial charge >= 0.3 is 0 Å². The van der Waals surface area contributed by atoms with Crippen LogP contribution in [0.1, 0.15) is 59.8 Å². The minimum atomic E-state index is -0.593. The van der Waals surface area contributed by atoms with Crippen molar-refractivity contribution in [2.45, 2.75) is 66.0 Å². The molecule has 0 nitrogen and oxygen atoms in total. The van der Waals surface area contributed by atoms with Gasteiger partial charge in [-0.3, -0.25) is 0 Å². The smallest absolute Gasteiger partial charge is 0.103 e. The van der Waals surface area contributed by atoms with Crippen molar-refractivity contribution >= 4 is 0 Å². The molecule has 0 N–H and O–H groups in total. The third-order valence-corrected chi connectivity index (χ3v) is 4.19. The summed E-state index contributed by atoms with van der Waals surface area (Å²) in [7, 11) is 0. The van der Waals surface area contributed by atoms with Crippen LogP contribution in [0.3, 0.4) is 0 Å². The highest BCUT2D eigenvalue weighted by Crippen LogP contribution is 2.53. The van der Waals surface area contributed by atoms with E-state index in [1.807, 2.05) is 13.8 Å². The molecule has 1 unspecified atom stereocenters. The van der Waals surface area contributed by atoms with E-state index in [0.717, 1.165) is 12.3 Å². The maximum Gasteiger partial charge on any atom is 0.103 e. The standard InChI is InChI=1S/C13H25F/c1-5-7-13(8-6-11(13)4)9-12(14)10(2)3/h10-12H,5-9H2,1-4H3/t11?,12-,13-/m0/s1. The Morgan fingerprint density at radius 1 is 1.43 bits per heavy atom. The first-order chi connectivity index (χ1) is 6.52. The van der Waals surface area contributed by atoms with Gasteiger partial charge in [0, 0.05) is 0 Å². The quantitative estimate of drug-likeness (QED) is 0.609. The van der Waals surface area contributed by atoms with Gasteiger partial charge in [-0.15, -0.1) is 0 Å². The third kappa shape index (κ3) is 2.29. The van der Waals surface area contributed by atoms with E-state index in [1.54, 1.807) is 0 Å². The van der Waals surface area contributed by atoms with Crippen LogP contribution < -0.4 is 0 Å². The Kier molecular flexibility index (Phi) is 3.97. The molecule has 0 aromatic rings. The Labute approximate surface area is 88.3 Å². The fourth-order valence-electron chi connectivity index (χ4n) is 2.74. The molecule has 84 valence electrons. The van der Waals surface area contributed by atoms with E-state index < -0.39 is 6.17 Å². The molecule has 0 bridgehead atoms. The summed E-state index contributed by atoms with van der Waals surface area (Å²) in [4.78, 5) is 0. The first-order valence-electron chi connectivity index (χ1n) is 6.16. The van der Waals surface area contributed by atoms with Gasteiger partial charge in [-0.05, 0) is 42.9 Å². The summed E-state index contributed by atoms with van der Waals surface area (Å²) in [6.45, 7) is 8.50. The molecule has 14 heavy (non-hydrogen) atoms. The highest BCUT2D eigenvalue weighted by atomic mass is 19.1. The van der Waals surface area contributed by atoms with Crippen molar-refractivity contribution in [2.24, 2.45) is 17.3 Å². The number of rotatable bonds is 5. The fraction of sp³-hybridized carbons (Fsp3) is 1.00. The number of alkyl halides is 1. The molecule has 1 aliphatic carbocycles. The number of hydrogen-bond donors (Lipinski definition) is 0. The van der Waals surface area contributed by atoms with Gasteiger partial charge in [-0.25, -0.2) is 4.39 Å². The Morgan fingerprint density at radius 3 is 2.36 bits per heavy atom. The molecule has 1 fully saturated rings. The van der Waals surface area contributed by atoms with Crippen LogP contribution in [0.5, 0.6) is 0 Å². The Balaban J connectivity index is 2.52.